The average molecular weight is 356 g/mol. The van der Waals surface area contributed by atoms with Crippen LogP contribution in [0, 0.1) is 0 Å². The zero-order valence-corrected chi connectivity index (χ0v) is 13.6. The van der Waals surface area contributed by atoms with Gasteiger partial charge in [-0.3, -0.25) is 9.48 Å². The fraction of sp³-hybridized carbons (Fsp3) is 0.100. The third-order valence-corrected chi connectivity index (χ3v) is 3.74. The van der Waals surface area contributed by atoms with Gasteiger partial charge in [-0.15, -0.1) is 0 Å². The van der Waals surface area contributed by atoms with Gasteiger partial charge >= 0.3 is 6.18 Å². The van der Waals surface area contributed by atoms with Crippen molar-refractivity contribution >= 4 is 11.9 Å². The maximum atomic E-state index is 12.7. The number of halogens is 3. The first kappa shape index (κ1) is 17.7. The summed E-state index contributed by atoms with van der Waals surface area (Å²) >= 11 is 0. The van der Waals surface area contributed by atoms with Gasteiger partial charge in [-0.25, -0.2) is 0 Å². The summed E-state index contributed by atoms with van der Waals surface area (Å²) in [7, 11) is 0. The molecule has 2 aromatic carbocycles. The lowest BCUT2D eigenvalue weighted by Gasteiger charge is -2.06. The zero-order valence-electron chi connectivity index (χ0n) is 13.6. The van der Waals surface area contributed by atoms with Gasteiger partial charge in [-0.05, 0) is 29.8 Å². The predicted molar refractivity (Wildman–Crippen MR) is 92.6 cm³/mol. The van der Waals surface area contributed by atoms with E-state index in [1.54, 1.807) is 17.1 Å². The van der Waals surface area contributed by atoms with Gasteiger partial charge in [0.15, 0.2) is 5.78 Å². The van der Waals surface area contributed by atoms with Crippen LogP contribution < -0.4 is 0 Å². The second kappa shape index (κ2) is 7.39. The fourth-order valence-corrected chi connectivity index (χ4v) is 2.44. The third kappa shape index (κ3) is 4.47. The summed E-state index contributed by atoms with van der Waals surface area (Å²) in [5, 5.41) is 4.21. The van der Waals surface area contributed by atoms with Crippen LogP contribution >= 0.6 is 0 Å². The summed E-state index contributed by atoms with van der Waals surface area (Å²) in [4.78, 5) is 12.1. The minimum Gasteiger partial charge on any atom is -0.289 e. The van der Waals surface area contributed by atoms with Crippen molar-refractivity contribution in [2.24, 2.45) is 0 Å². The molecule has 1 heterocycles. The Morgan fingerprint density at radius 3 is 2.58 bits per heavy atom. The van der Waals surface area contributed by atoms with Crippen molar-refractivity contribution < 1.29 is 18.0 Å². The van der Waals surface area contributed by atoms with E-state index in [9.17, 15) is 18.0 Å². The van der Waals surface area contributed by atoms with Gasteiger partial charge in [-0.2, -0.15) is 18.3 Å². The van der Waals surface area contributed by atoms with E-state index in [2.05, 4.69) is 5.10 Å². The Morgan fingerprint density at radius 1 is 1.08 bits per heavy atom. The minimum absolute atomic E-state index is 0.00671. The first-order valence-corrected chi connectivity index (χ1v) is 7.88. The van der Waals surface area contributed by atoms with E-state index in [4.69, 9.17) is 0 Å². The topological polar surface area (TPSA) is 34.9 Å². The highest BCUT2D eigenvalue weighted by molar-refractivity contribution is 6.06. The molecule has 0 aliphatic carbocycles. The molecule has 0 fully saturated rings. The number of alkyl halides is 3. The molecular weight excluding hydrogens is 341 g/mol. The molecule has 0 spiro atoms. The summed E-state index contributed by atoms with van der Waals surface area (Å²) in [5.74, 6) is -0.494. The van der Waals surface area contributed by atoms with E-state index in [0.717, 1.165) is 17.7 Å². The molecule has 0 unspecified atom stereocenters. The number of carbonyl (C=O) groups excluding carboxylic acids is 1. The molecular formula is C20H15F3N2O. The van der Waals surface area contributed by atoms with Gasteiger partial charge in [0.2, 0.25) is 0 Å². The van der Waals surface area contributed by atoms with Crippen molar-refractivity contribution in [2.75, 3.05) is 0 Å². The largest absolute Gasteiger partial charge is 0.416 e. The number of nitrogens with zero attached hydrogens (tertiary/aromatic N) is 2. The molecule has 3 rings (SSSR count). The molecule has 6 heteroatoms. The first-order valence-electron chi connectivity index (χ1n) is 7.88. The maximum absolute atomic E-state index is 12.7. The number of benzene rings is 2. The molecule has 0 atom stereocenters. The number of hydrogen-bond acceptors (Lipinski definition) is 2. The number of hydrogen-bond donors (Lipinski definition) is 0. The molecule has 0 bridgehead atoms. The van der Waals surface area contributed by atoms with Gasteiger partial charge in [0.25, 0.3) is 0 Å². The van der Waals surface area contributed by atoms with Gasteiger partial charge in [0.1, 0.15) is 0 Å². The van der Waals surface area contributed by atoms with E-state index in [1.807, 2.05) is 30.3 Å². The van der Waals surface area contributed by atoms with E-state index >= 15 is 0 Å². The number of rotatable bonds is 5. The fourth-order valence-electron chi connectivity index (χ4n) is 2.44. The van der Waals surface area contributed by atoms with Crippen molar-refractivity contribution in [1.82, 2.24) is 9.78 Å². The van der Waals surface area contributed by atoms with Crippen LogP contribution in [0.3, 0.4) is 0 Å². The standard InChI is InChI=1S/C20H15F3N2O/c21-20(22,23)18-8-4-7-17(11-18)19(26)10-9-16-12-24-25(14-16)13-15-5-2-1-3-6-15/h1-12,14H,13H2/b10-9+. The summed E-state index contributed by atoms with van der Waals surface area (Å²) in [6, 6.07) is 14.1. The summed E-state index contributed by atoms with van der Waals surface area (Å²) in [6.07, 6.45) is 1.68. The number of carbonyl (C=O) groups is 1. The molecule has 3 nitrogen and oxygen atoms in total. The second-order valence-corrected chi connectivity index (χ2v) is 5.73. The SMILES string of the molecule is O=C(/C=C/c1cnn(Cc2ccccc2)c1)c1cccc(C(F)(F)F)c1. The van der Waals surface area contributed by atoms with E-state index in [1.165, 1.54) is 24.3 Å². The molecule has 132 valence electrons. The highest BCUT2D eigenvalue weighted by Gasteiger charge is 2.30. The van der Waals surface area contributed by atoms with Crippen LogP contribution in [0.2, 0.25) is 0 Å². The van der Waals surface area contributed by atoms with Crippen LogP contribution in [-0.2, 0) is 12.7 Å². The molecule has 0 saturated heterocycles. The molecule has 0 radical (unpaired) electrons. The van der Waals surface area contributed by atoms with Crippen LogP contribution in [0.15, 0.2) is 73.1 Å². The molecule has 0 amide bonds. The summed E-state index contributed by atoms with van der Waals surface area (Å²) in [5.41, 5.74) is 0.938. The summed E-state index contributed by atoms with van der Waals surface area (Å²) in [6.45, 7) is 0.594. The Kier molecular flexibility index (Phi) is 5.02. The number of ketones is 1. The molecule has 1 aromatic heterocycles. The number of aromatic nitrogens is 2. The number of allylic oxidation sites excluding steroid dienone is 1. The lowest BCUT2D eigenvalue weighted by atomic mass is 10.1. The van der Waals surface area contributed by atoms with Gasteiger partial charge in [0, 0.05) is 17.3 Å². The predicted octanol–water partition coefficient (Wildman–Crippen LogP) is 4.85. The van der Waals surface area contributed by atoms with Crippen LogP contribution in [0.1, 0.15) is 27.0 Å². The van der Waals surface area contributed by atoms with Crippen LogP contribution in [-0.4, -0.2) is 15.6 Å². The van der Waals surface area contributed by atoms with Crippen LogP contribution in [0.4, 0.5) is 13.2 Å². The Hall–Kier alpha value is -3.15. The second-order valence-electron chi connectivity index (χ2n) is 5.73. The van der Waals surface area contributed by atoms with Gasteiger partial charge in [-0.1, -0.05) is 42.5 Å². The van der Waals surface area contributed by atoms with E-state index in [0.29, 0.717) is 12.1 Å². The molecule has 0 N–H and O–H groups in total. The van der Waals surface area contributed by atoms with Crippen LogP contribution in [0.25, 0.3) is 6.08 Å². The first-order chi connectivity index (χ1) is 12.4. The molecule has 0 aliphatic heterocycles. The Balaban J connectivity index is 1.69. The average Bonchev–Trinajstić information content (AvgIpc) is 3.07. The van der Waals surface area contributed by atoms with Crippen molar-refractivity contribution in [3.63, 3.8) is 0 Å². The van der Waals surface area contributed by atoms with E-state index in [-0.39, 0.29) is 5.56 Å². The minimum atomic E-state index is -4.47. The van der Waals surface area contributed by atoms with Crippen molar-refractivity contribution in [3.05, 3.63) is 95.3 Å². The van der Waals surface area contributed by atoms with Crippen LogP contribution in [0.5, 0.6) is 0 Å². The lowest BCUT2D eigenvalue weighted by Crippen LogP contribution is -2.06. The molecule has 26 heavy (non-hydrogen) atoms. The van der Waals surface area contributed by atoms with Crippen molar-refractivity contribution in [2.45, 2.75) is 12.7 Å². The van der Waals surface area contributed by atoms with Gasteiger partial charge < -0.3 is 0 Å². The monoisotopic (exact) mass is 356 g/mol. The highest BCUT2D eigenvalue weighted by Crippen LogP contribution is 2.29. The Labute approximate surface area is 148 Å². The molecule has 0 saturated carbocycles. The maximum Gasteiger partial charge on any atom is 0.416 e. The third-order valence-electron chi connectivity index (χ3n) is 3.74. The van der Waals surface area contributed by atoms with Crippen molar-refractivity contribution in [3.8, 4) is 0 Å². The zero-order chi connectivity index (χ0) is 18.6. The molecule has 0 aliphatic rings. The smallest absolute Gasteiger partial charge is 0.289 e. The summed E-state index contributed by atoms with van der Waals surface area (Å²) < 4.78 is 39.9. The highest BCUT2D eigenvalue weighted by atomic mass is 19.4. The Morgan fingerprint density at radius 2 is 1.85 bits per heavy atom. The lowest BCUT2D eigenvalue weighted by molar-refractivity contribution is -0.137. The quantitative estimate of drug-likeness (QED) is 0.484. The normalized spacial score (nSPS) is 11.8. The molecule has 3 aromatic rings. The van der Waals surface area contributed by atoms with Gasteiger partial charge in [0.05, 0.1) is 18.3 Å². The van der Waals surface area contributed by atoms with Crippen molar-refractivity contribution in [1.29, 1.82) is 0 Å². The van der Waals surface area contributed by atoms with E-state index < -0.39 is 17.5 Å². The Bertz CT molecular complexity index is 927.